The molecule has 0 aliphatic heterocycles. The Morgan fingerprint density at radius 2 is 2.00 bits per heavy atom. The van der Waals surface area contributed by atoms with Gasteiger partial charge < -0.3 is 9.88 Å². The molecule has 108 valence electrons. The van der Waals surface area contributed by atoms with Crippen molar-refractivity contribution in [3.63, 3.8) is 0 Å². The Hall–Kier alpha value is -3.13. The Bertz CT molecular complexity index is 798. The summed E-state index contributed by atoms with van der Waals surface area (Å²) >= 11 is 0. The zero-order valence-corrected chi connectivity index (χ0v) is 12.2. The highest BCUT2D eigenvalue weighted by atomic mass is 15.0. The van der Waals surface area contributed by atoms with Crippen molar-refractivity contribution in [2.24, 2.45) is 0 Å². The maximum atomic E-state index is 9.00. The largest absolute Gasteiger partial charge is 0.366 e. The molecule has 1 N–H and O–H groups in total. The van der Waals surface area contributed by atoms with Gasteiger partial charge >= 0.3 is 0 Å². The van der Waals surface area contributed by atoms with Gasteiger partial charge in [0.1, 0.15) is 17.6 Å². The fourth-order valence-corrected chi connectivity index (χ4v) is 2.13. The molecule has 22 heavy (non-hydrogen) atoms. The van der Waals surface area contributed by atoms with E-state index in [9.17, 15) is 0 Å². The summed E-state index contributed by atoms with van der Waals surface area (Å²) in [4.78, 5) is 8.32. The van der Waals surface area contributed by atoms with Crippen LogP contribution in [0.5, 0.6) is 0 Å². The minimum Gasteiger partial charge on any atom is -0.366 e. The van der Waals surface area contributed by atoms with Crippen molar-refractivity contribution in [2.45, 2.75) is 13.5 Å². The number of rotatable bonds is 4. The first-order valence-electron chi connectivity index (χ1n) is 6.95. The van der Waals surface area contributed by atoms with Gasteiger partial charge in [-0.2, -0.15) is 5.26 Å². The van der Waals surface area contributed by atoms with Crippen LogP contribution >= 0.6 is 0 Å². The van der Waals surface area contributed by atoms with Crippen molar-refractivity contribution >= 4 is 5.82 Å². The summed E-state index contributed by atoms with van der Waals surface area (Å²) in [7, 11) is 0. The van der Waals surface area contributed by atoms with E-state index in [2.05, 4.69) is 33.5 Å². The van der Waals surface area contributed by atoms with Gasteiger partial charge in [0.25, 0.3) is 0 Å². The highest BCUT2D eigenvalue weighted by Crippen LogP contribution is 2.13. The third kappa shape index (κ3) is 2.96. The minimum absolute atomic E-state index is 0.459. The van der Waals surface area contributed by atoms with Crippen LogP contribution in [0.1, 0.15) is 16.8 Å². The quantitative estimate of drug-likeness (QED) is 0.801. The van der Waals surface area contributed by atoms with E-state index in [0.717, 1.165) is 16.8 Å². The lowest BCUT2D eigenvalue weighted by atomic mass is 10.2. The molecule has 3 rings (SSSR count). The summed E-state index contributed by atoms with van der Waals surface area (Å²) in [5, 5.41) is 12.2. The first-order chi connectivity index (χ1) is 10.8. The van der Waals surface area contributed by atoms with Crippen LogP contribution in [0.25, 0.3) is 5.69 Å². The zero-order valence-electron chi connectivity index (χ0n) is 12.2. The van der Waals surface area contributed by atoms with E-state index in [1.54, 1.807) is 12.5 Å². The van der Waals surface area contributed by atoms with Gasteiger partial charge in [-0.3, -0.25) is 0 Å². The smallest absolute Gasteiger partial charge is 0.145 e. The Morgan fingerprint density at radius 3 is 2.68 bits per heavy atom. The predicted molar refractivity (Wildman–Crippen MR) is 84.6 cm³/mol. The molecule has 1 aromatic carbocycles. The number of hydrogen-bond donors (Lipinski definition) is 1. The van der Waals surface area contributed by atoms with Crippen LogP contribution in [0.2, 0.25) is 0 Å². The van der Waals surface area contributed by atoms with Gasteiger partial charge in [0.15, 0.2) is 0 Å². The van der Waals surface area contributed by atoms with Crippen LogP contribution in [0.3, 0.4) is 0 Å². The number of pyridine rings is 1. The molecule has 0 radical (unpaired) electrons. The molecule has 0 aliphatic carbocycles. The van der Waals surface area contributed by atoms with Crippen molar-refractivity contribution in [2.75, 3.05) is 5.32 Å². The number of imidazole rings is 1. The molecule has 0 saturated heterocycles. The highest BCUT2D eigenvalue weighted by molar-refractivity contribution is 5.43. The van der Waals surface area contributed by atoms with E-state index in [-0.39, 0.29) is 0 Å². The Morgan fingerprint density at radius 1 is 1.18 bits per heavy atom. The van der Waals surface area contributed by atoms with Crippen molar-refractivity contribution < 1.29 is 0 Å². The van der Waals surface area contributed by atoms with Crippen LogP contribution in [0.15, 0.2) is 55.1 Å². The van der Waals surface area contributed by atoms with Crippen molar-refractivity contribution in [1.82, 2.24) is 14.5 Å². The molecular formula is C17H15N5. The normalized spacial score (nSPS) is 10.2. The molecule has 5 nitrogen and oxygen atoms in total. The summed E-state index contributed by atoms with van der Waals surface area (Å²) < 4.78 is 1.96. The third-order valence-electron chi connectivity index (χ3n) is 3.42. The lowest BCUT2D eigenvalue weighted by molar-refractivity contribution is 1.04. The van der Waals surface area contributed by atoms with Crippen LogP contribution in [0.4, 0.5) is 5.82 Å². The average Bonchev–Trinajstić information content (AvgIpc) is 3.09. The van der Waals surface area contributed by atoms with Crippen molar-refractivity contribution in [1.29, 1.82) is 5.26 Å². The number of nitriles is 1. The second-order valence-electron chi connectivity index (χ2n) is 4.96. The van der Waals surface area contributed by atoms with Gasteiger partial charge in [0.2, 0.25) is 0 Å². The second-order valence-corrected chi connectivity index (χ2v) is 4.96. The molecule has 2 aromatic heterocycles. The maximum Gasteiger partial charge on any atom is 0.145 e. The lowest BCUT2D eigenvalue weighted by Crippen LogP contribution is -2.03. The summed E-state index contributed by atoms with van der Waals surface area (Å²) in [5.74, 6) is 0.709. The van der Waals surface area contributed by atoms with Crippen LogP contribution < -0.4 is 5.32 Å². The average molecular weight is 289 g/mol. The van der Waals surface area contributed by atoms with Crippen LogP contribution in [0, 0.1) is 18.3 Å². The fraction of sp³-hybridized carbons (Fsp3) is 0.118. The number of benzene rings is 1. The highest BCUT2D eigenvalue weighted by Gasteiger charge is 2.02. The topological polar surface area (TPSA) is 66.5 Å². The Balaban J connectivity index is 1.68. The molecule has 0 fully saturated rings. The molecule has 2 heterocycles. The number of anilines is 1. The molecule has 0 spiro atoms. The number of hydrogen-bond acceptors (Lipinski definition) is 4. The second kappa shape index (κ2) is 6.10. The number of aryl methyl sites for hydroxylation is 1. The van der Waals surface area contributed by atoms with Crippen molar-refractivity contribution in [3.8, 4) is 11.8 Å². The van der Waals surface area contributed by atoms with E-state index in [1.165, 1.54) is 0 Å². The summed E-state index contributed by atoms with van der Waals surface area (Å²) in [6.07, 6.45) is 5.44. The van der Waals surface area contributed by atoms with Gasteiger partial charge in [-0.15, -0.1) is 0 Å². The summed E-state index contributed by atoms with van der Waals surface area (Å²) in [6, 6.07) is 14.1. The zero-order chi connectivity index (χ0) is 15.4. The van der Waals surface area contributed by atoms with E-state index < -0.39 is 0 Å². The van der Waals surface area contributed by atoms with E-state index >= 15 is 0 Å². The molecule has 5 heteroatoms. The van der Waals surface area contributed by atoms with E-state index in [4.69, 9.17) is 5.26 Å². The molecule has 0 saturated carbocycles. The van der Waals surface area contributed by atoms with Crippen molar-refractivity contribution in [3.05, 3.63) is 71.9 Å². The maximum absolute atomic E-state index is 9.00. The fourth-order valence-electron chi connectivity index (χ4n) is 2.13. The number of nitrogens with one attached hydrogen (secondary N) is 1. The standard InChI is InChI=1S/C17H15N5/c1-13-2-7-17(21-16(13)10-18)20-11-14-3-5-15(6-4-14)22-9-8-19-12-22/h2-9,12H,11H2,1H3,(H,20,21). The summed E-state index contributed by atoms with van der Waals surface area (Å²) in [6.45, 7) is 2.54. The Kier molecular flexibility index (Phi) is 3.84. The lowest BCUT2D eigenvalue weighted by Gasteiger charge is -2.08. The molecule has 3 aromatic rings. The predicted octanol–water partition coefficient (Wildman–Crippen LogP) is 3.06. The first kappa shape index (κ1) is 13.8. The van der Waals surface area contributed by atoms with Crippen LogP contribution in [-0.2, 0) is 6.54 Å². The van der Waals surface area contributed by atoms with Crippen LogP contribution in [-0.4, -0.2) is 14.5 Å². The minimum atomic E-state index is 0.459. The monoisotopic (exact) mass is 289 g/mol. The summed E-state index contributed by atoms with van der Waals surface area (Å²) in [5.41, 5.74) is 3.56. The molecular weight excluding hydrogens is 274 g/mol. The van der Waals surface area contributed by atoms with Gasteiger partial charge in [-0.25, -0.2) is 9.97 Å². The Labute approximate surface area is 128 Å². The van der Waals surface area contributed by atoms with Gasteiger partial charge in [0.05, 0.1) is 6.33 Å². The van der Waals surface area contributed by atoms with Gasteiger partial charge in [-0.05, 0) is 36.2 Å². The van der Waals surface area contributed by atoms with Gasteiger partial charge in [0, 0.05) is 24.6 Å². The third-order valence-corrected chi connectivity index (χ3v) is 3.42. The number of nitrogens with zero attached hydrogens (tertiary/aromatic N) is 4. The SMILES string of the molecule is Cc1ccc(NCc2ccc(-n3ccnc3)cc2)nc1C#N. The van der Waals surface area contributed by atoms with Gasteiger partial charge in [-0.1, -0.05) is 18.2 Å². The molecule has 0 unspecified atom stereocenters. The molecule has 0 atom stereocenters. The van der Waals surface area contributed by atoms with E-state index in [1.807, 2.05) is 42.0 Å². The molecule has 0 amide bonds. The van der Waals surface area contributed by atoms with E-state index in [0.29, 0.717) is 18.1 Å². The molecule has 0 aliphatic rings. The first-order valence-corrected chi connectivity index (χ1v) is 6.95. The molecule has 0 bridgehead atoms. The number of aromatic nitrogens is 3.